The Labute approximate surface area is 67.9 Å². The number of carboxylic acid groups (broad SMARTS) is 1. The first-order chi connectivity index (χ1) is 5.07. The van der Waals surface area contributed by atoms with Gasteiger partial charge in [-0.25, -0.2) is 4.79 Å². The van der Waals surface area contributed by atoms with Gasteiger partial charge in [-0.15, -0.1) is 0 Å². The summed E-state index contributed by atoms with van der Waals surface area (Å²) >= 11 is 0. The predicted molar refractivity (Wildman–Crippen MR) is 36.1 cm³/mol. The van der Waals surface area contributed by atoms with Crippen molar-refractivity contribution in [1.82, 2.24) is 5.32 Å². The van der Waals surface area contributed by atoms with Gasteiger partial charge in [-0.1, -0.05) is 7.43 Å². The van der Waals surface area contributed by atoms with Crippen LogP contribution in [0.3, 0.4) is 0 Å². The van der Waals surface area contributed by atoms with Crippen molar-refractivity contribution in [3.05, 3.63) is 0 Å². The summed E-state index contributed by atoms with van der Waals surface area (Å²) in [6.45, 7) is -0.700. The van der Waals surface area contributed by atoms with Crippen molar-refractivity contribution < 1.29 is 29.6 Å². The second-order valence-corrected chi connectivity index (χ2v) is 1.46. The first kappa shape index (κ1) is 13.0. The Kier molecular flexibility index (Phi) is 6.61. The largest absolute Gasteiger partial charge is 0.480 e. The van der Waals surface area contributed by atoms with E-state index in [0.717, 1.165) is 0 Å². The smallest absolute Gasteiger partial charge is 0.429 e. The third kappa shape index (κ3) is 5.18. The van der Waals surface area contributed by atoms with Crippen LogP contribution in [-0.2, 0) is 19.3 Å². The fourth-order valence-corrected chi connectivity index (χ4v) is 0.270. The van der Waals surface area contributed by atoms with Crippen LogP contribution in [0.4, 0.5) is 0 Å². The highest BCUT2D eigenvalue weighted by Crippen LogP contribution is 1.72. The number of hydrogen-bond donors (Lipinski definition) is 3. The molecule has 0 radical (unpaired) electrons. The summed E-state index contributed by atoms with van der Waals surface area (Å²) in [5, 5.41) is 17.3. The highest BCUT2D eigenvalue weighted by molar-refractivity contribution is 6.32. The molecule has 0 aliphatic rings. The maximum absolute atomic E-state index is 10.3. The first-order valence-electron chi connectivity index (χ1n) is 2.43. The zero-order valence-corrected chi connectivity index (χ0v) is 5.23. The molecule has 0 aliphatic carbocycles. The highest BCUT2D eigenvalue weighted by atomic mass is 17.1. The molecule has 7 nitrogen and oxygen atoms in total. The van der Waals surface area contributed by atoms with E-state index in [-0.39, 0.29) is 7.43 Å². The van der Waals surface area contributed by atoms with Crippen molar-refractivity contribution in [2.45, 2.75) is 7.43 Å². The van der Waals surface area contributed by atoms with Crippen molar-refractivity contribution in [3.8, 4) is 0 Å². The summed E-state index contributed by atoms with van der Waals surface area (Å²) in [4.78, 5) is 33.1. The molecule has 0 aromatic carbocycles. The lowest BCUT2D eigenvalue weighted by atomic mass is 10.5. The molecule has 0 fully saturated rings. The SMILES string of the molecule is C.O=C(O)CNC(=O)C(=O)OO. The summed E-state index contributed by atoms with van der Waals surface area (Å²) in [7, 11) is 0. The summed E-state index contributed by atoms with van der Waals surface area (Å²) in [5.41, 5.74) is 0. The normalized spacial score (nSPS) is 7.75. The van der Waals surface area contributed by atoms with Gasteiger partial charge in [0.1, 0.15) is 6.54 Å². The molecule has 0 atom stereocenters. The van der Waals surface area contributed by atoms with Crippen LogP contribution in [0, 0.1) is 0 Å². The third-order valence-electron chi connectivity index (χ3n) is 0.668. The topological polar surface area (TPSA) is 113 Å². The number of nitrogens with one attached hydrogen (secondary N) is 1. The molecule has 0 heterocycles. The molecule has 0 aromatic heterocycles. The van der Waals surface area contributed by atoms with E-state index in [1.54, 1.807) is 5.32 Å². The minimum absolute atomic E-state index is 0. The molecule has 0 rings (SSSR count). The van der Waals surface area contributed by atoms with Crippen LogP contribution >= 0.6 is 0 Å². The Bertz CT molecular complexity index is 188. The van der Waals surface area contributed by atoms with Gasteiger partial charge in [0.15, 0.2) is 0 Å². The molecule has 70 valence electrons. The molecule has 12 heavy (non-hydrogen) atoms. The van der Waals surface area contributed by atoms with Gasteiger partial charge in [0.25, 0.3) is 0 Å². The fraction of sp³-hybridized carbons (Fsp3) is 0.400. The van der Waals surface area contributed by atoms with E-state index in [9.17, 15) is 14.4 Å². The van der Waals surface area contributed by atoms with Crippen molar-refractivity contribution in [1.29, 1.82) is 0 Å². The first-order valence-corrected chi connectivity index (χ1v) is 2.43. The summed E-state index contributed by atoms with van der Waals surface area (Å²) < 4.78 is 0. The monoisotopic (exact) mass is 179 g/mol. The Hall–Kier alpha value is -1.63. The van der Waals surface area contributed by atoms with Crippen LogP contribution in [0.5, 0.6) is 0 Å². The number of carboxylic acids is 1. The number of amides is 1. The van der Waals surface area contributed by atoms with E-state index in [0.29, 0.717) is 0 Å². The lowest BCUT2D eigenvalue weighted by molar-refractivity contribution is -0.232. The number of carbonyl (C=O) groups excluding carboxylic acids is 2. The number of carbonyl (C=O) groups is 3. The van der Waals surface area contributed by atoms with E-state index in [2.05, 4.69) is 4.89 Å². The number of rotatable bonds is 2. The Balaban J connectivity index is 0. The zero-order chi connectivity index (χ0) is 8.85. The predicted octanol–water partition coefficient (Wildman–Crippen LogP) is -1.16. The Morgan fingerprint density at radius 2 is 1.83 bits per heavy atom. The third-order valence-corrected chi connectivity index (χ3v) is 0.668. The molecule has 0 spiro atoms. The van der Waals surface area contributed by atoms with Crippen molar-refractivity contribution >= 4 is 17.8 Å². The van der Waals surface area contributed by atoms with Gasteiger partial charge in [-0.2, -0.15) is 5.26 Å². The van der Waals surface area contributed by atoms with Gasteiger partial charge in [-0.05, 0) is 0 Å². The van der Waals surface area contributed by atoms with Crippen LogP contribution in [0.15, 0.2) is 0 Å². The van der Waals surface area contributed by atoms with Crippen LogP contribution in [0.1, 0.15) is 7.43 Å². The van der Waals surface area contributed by atoms with Gasteiger partial charge in [0, 0.05) is 0 Å². The van der Waals surface area contributed by atoms with Crippen molar-refractivity contribution in [2.75, 3.05) is 6.54 Å². The lowest BCUT2D eigenvalue weighted by Crippen LogP contribution is -2.35. The van der Waals surface area contributed by atoms with Gasteiger partial charge in [-0.3, -0.25) is 14.5 Å². The Morgan fingerprint density at radius 1 is 1.33 bits per heavy atom. The van der Waals surface area contributed by atoms with E-state index >= 15 is 0 Å². The molecule has 0 aromatic rings. The molecular weight excluding hydrogens is 170 g/mol. The van der Waals surface area contributed by atoms with E-state index in [1.807, 2.05) is 0 Å². The quantitative estimate of drug-likeness (QED) is 0.280. The van der Waals surface area contributed by atoms with Crippen molar-refractivity contribution in [2.24, 2.45) is 0 Å². The second-order valence-electron chi connectivity index (χ2n) is 1.46. The zero-order valence-electron chi connectivity index (χ0n) is 5.23. The summed E-state index contributed by atoms with van der Waals surface area (Å²) in [6.07, 6.45) is 0. The fourth-order valence-electron chi connectivity index (χ4n) is 0.270. The maximum Gasteiger partial charge on any atom is 0.429 e. The standard InChI is InChI=1S/C4H5NO6.CH4/c6-2(7)1-5-3(8)4(9)11-10;/h10H,1H2,(H,5,8)(H,6,7);1H4. The van der Waals surface area contributed by atoms with Crippen LogP contribution in [0.2, 0.25) is 0 Å². The second kappa shape index (κ2) is 6.10. The molecule has 0 saturated carbocycles. The molecule has 1 amide bonds. The molecule has 0 unspecified atom stereocenters. The Morgan fingerprint density at radius 3 is 2.17 bits per heavy atom. The lowest BCUT2D eigenvalue weighted by Gasteiger charge is -1.96. The minimum atomic E-state index is -1.55. The molecule has 7 heteroatoms. The maximum atomic E-state index is 10.3. The molecule has 0 aliphatic heterocycles. The highest BCUT2D eigenvalue weighted by Gasteiger charge is 2.15. The van der Waals surface area contributed by atoms with Gasteiger partial charge >= 0.3 is 17.8 Å². The minimum Gasteiger partial charge on any atom is -0.480 e. The van der Waals surface area contributed by atoms with Crippen LogP contribution < -0.4 is 5.32 Å². The van der Waals surface area contributed by atoms with E-state index in [4.69, 9.17) is 10.4 Å². The number of hydrogen-bond acceptors (Lipinski definition) is 5. The average molecular weight is 179 g/mol. The van der Waals surface area contributed by atoms with Crippen LogP contribution in [0.25, 0.3) is 0 Å². The molecule has 0 saturated heterocycles. The summed E-state index contributed by atoms with van der Waals surface area (Å²) in [5.74, 6) is -4.16. The van der Waals surface area contributed by atoms with E-state index in [1.165, 1.54) is 0 Å². The average Bonchev–Trinajstić information content (AvgIpc) is 1.98. The van der Waals surface area contributed by atoms with Gasteiger partial charge in [0.2, 0.25) is 0 Å². The van der Waals surface area contributed by atoms with Crippen molar-refractivity contribution in [3.63, 3.8) is 0 Å². The summed E-state index contributed by atoms with van der Waals surface area (Å²) in [6, 6.07) is 0. The van der Waals surface area contributed by atoms with Gasteiger partial charge in [0.05, 0.1) is 0 Å². The molecule has 3 N–H and O–H groups in total. The molecule has 0 bridgehead atoms. The van der Waals surface area contributed by atoms with Crippen LogP contribution in [-0.4, -0.2) is 34.8 Å². The van der Waals surface area contributed by atoms with Gasteiger partial charge < -0.3 is 10.4 Å². The van der Waals surface area contributed by atoms with E-state index < -0.39 is 24.4 Å². The molecular formula is C5H9NO6. The number of aliphatic carboxylic acids is 1.